The first-order chi connectivity index (χ1) is 10.8. The third kappa shape index (κ3) is 3.76. The molecule has 0 bridgehead atoms. The molecule has 1 unspecified atom stereocenters. The summed E-state index contributed by atoms with van der Waals surface area (Å²) in [6.07, 6.45) is 9.10. The second-order valence-corrected chi connectivity index (χ2v) is 7.87. The lowest BCUT2D eigenvalue weighted by atomic mass is 9.98. The Morgan fingerprint density at radius 1 is 1.00 bits per heavy atom. The van der Waals surface area contributed by atoms with Gasteiger partial charge < -0.3 is 4.74 Å². The van der Waals surface area contributed by atoms with Crippen LogP contribution in [0.1, 0.15) is 36.0 Å². The van der Waals surface area contributed by atoms with E-state index in [4.69, 9.17) is 4.74 Å². The van der Waals surface area contributed by atoms with Gasteiger partial charge in [-0.3, -0.25) is 0 Å². The summed E-state index contributed by atoms with van der Waals surface area (Å²) in [6, 6.07) is 19.5. The Morgan fingerprint density at radius 3 is 2.45 bits per heavy atom. The number of rotatable bonds is 4. The van der Waals surface area contributed by atoms with Gasteiger partial charge in [-0.2, -0.15) is 0 Å². The van der Waals surface area contributed by atoms with E-state index in [9.17, 15) is 0 Å². The monoisotopic (exact) mass is 308 g/mol. The Hall–Kier alpha value is -1.64. The normalized spacial score (nSPS) is 22.2. The minimum absolute atomic E-state index is 0.0522. The first-order valence-corrected chi connectivity index (χ1v) is 9.21. The lowest BCUT2D eigenvalue weighted by Gasteiger charge is -2.34. The quantitative estimate of drug-likeness (QED) is 0.783. The highest BCUT2D eigenvalue weighted by molar-refractivity contribution is 6.14. The topological polar surface area (TPSA) is 9.23 Å². The zero-order valence-electron chi connectivity index (χ0n) is 13.3. The van der Waals surface area contributed by atoms with Crippen LogP contribution in [0.5, 0.6) is 0 Å². The van der Waals surface area contributed by atoms with Gasteiger partial charge in [0.05, 0.1) is 5.22 Å². The SMILES string of the molecule is [SiH3]C1(c2ccc(CC=Cc3ccccc3)cc2)CCCCO1. The van der Waals surface area contributed by atoms with E-state index in [0.717, 1.165) is 23.3 Å². The summed E-state index contributed by atoms with van der Waals surface area (Å²) in [5.74, 6) is 0. The maximum Gasteiger partial charge on any atom is 0.0723 e. The Morgan fingerprint density at radius 2 is 1.77 bits per heavy atom. The molecular weight excluding hydrogens is 284 g/mol. The van der Waals surface area contributed by atoms with Gasteiger partial charge in [-0.15, -0.1) is 0 Å². The summed E-state index contributed by atoms with van der Waals surface area (Å²) in [5, 5.41) is 0.0522. The fourth-order valence-electron chi connectivity index (χ4n) is 3.05. The van der Waals surface area contributed by atoms with Crippen LogP contribution in [0.3, 0.4) is 0 Å². The van der Waals surface area contributed by atoms with Gasteiger partial charge in [0.25, 0.3) is 0 Å². The summed E-state index contributed by atoms with van der Waals surface area (Å²) in [4.78, 5) is 0. The van der Waals surface area contributed by atoms with Crippen molar-refractivity contribution >= 4 is 16.3 Å². The smallest absolute Gasteiger partial charge is 0.0723 e. The Kier molecular flexibility index (Phi) is 4.91. The van der Waals surface area contributed by atoms with E-state index in [1.54, 1.807) is 0 Å². The van der Waals surface area contributed by atoms with Gasteiger partial charge in [0.1, 0.15) is 0 Å². The summed E-state index contributed by atoms with van der Waals surface area (Å²) >= 11 is 0. The van der Waals surface area contributed by atoms with Crippen molar-refractivity contribution in [2.24, 2.45) is 0 Å². The van der Waals surface area contributed by atoms with Gasteiger partial charge in [-0.05, 0) is 42.4 Å². The molecule has 3 rings (SSSR count). The average Bonchev–Trinajstić information content (AvgIpc) is 2.57. The van der Waals surface area contributed by atoms with Crippen LogP contribution in [0.4, 0.5) is 0 Å². The minimum atomic E-state index is 0.0522. The van der Waals surface area contributed by atoms with E-state index in [1.807, 2.05) is 6.07 Å². The van der Waals surface area contributed by atoms with Crippen LogP contribution in [0, 0.1) is 0 Å². The summed E-state index contributed by atoms with van der Waals surface area (Å²) in [7, 11) is 1.07. The molecule has 1 saturated heterocycles. The predicted molar refractivity (Wildman–Crippen MR) is 97.0 cm³/mol. The maximum absolute atomic E-state index is 6.08. The van der Waals surface area contributed by atoms with Crippen LogP contribution in [0.25, 0.3) is 6.08 Å². The molecule has 2 heteroatoms. The zero-order valence-corrected chi connectivity index (χ0v) is 15.3. The molecule has 1 aliphatic heterocycles. The molecule has 114 valence electrons. The molecule has 0 radical (unpaired) electrons. The third-order valence-corrected chi connectivity index (χ3v) is 5.86. The fourth-order valence-corrected chi connectivity index (χ4v) is 3.94. The summed E-state index contributed by atoms with van der Waals surface area (Å²) < 4.78 is 6.08. The lowest BCUT2D eigenvalue weighted by Crippen LogP contribution is -2.33. The highest BCUT2D eigenvalue weighted by Gasteiger charge is 2.29. The first-order valence-electron chi connectivity index (χ1n) is 8.21. The molecule has 0 N–H and O–H groups in total. The van der Waals surface area contributed by atoms with Crippen molar-refractivity contribution < 1.29 is 4.74 Å². The molecule has 1 aliphatic rings. The Balaban J connectivity index is 1.63. The second-order valence-electron chi connectivity index (χ2n) is 6.25. The molecule has 1 atom stereocenters. The summed E-state index contributed by atoms with van der Waals surface area (Å²) in [6.45, 7) is 0.922. The molecule has 2 aromatic carbocycles. The minimum Gasteiger partial charge on any atom is -0.375 e. The molecule has 0 amide bonds. The van der Waals surface area contributed by atoms with Crippen LogP contribution < -0.4 is 0 Å². The number of hydrogen-bond acceptors (Lipinski definition) is 1. The highest BCUT2D eigenvalue weighted by Crippen LogP contribution is 2.32. The Labute approximate surface area is 136 Å². The van der Waals surface area contributed by atoms with Crippen molar-refractivity contribution in [1.29, 1.82) is 0 Å². The molecular formula is C20H24OSi. The zero-order chi connectivity index (χ0) is 15.3. The van der Waals surface area contributed by atoms with Gasteiger partial charge in [-0.1, -0.05) is 66.7 Å². The van der Waals surface area contributed by atoms with E-state index in [2.05, 4.69) is 60.7 Å². The largest absolute Gasteiger partial charge is 0.375 e. The van der Waals surface area contributed by atoms with Crippen LogP contribution >= 0.6 is 0 Å². The summed E-state index contributed by atoms with van der Waals surface area (Å²) in [5.41, 5.74) is 3.99. The van der Waals surface area contributed by atoms with Gasteiger partial charge in [0.15, 0.2) is 0 Å². The molecule has 1 nitrogen and oxygen atoms in total. The average molecular weight is 308 g/mol. The van der Waals surface area contributed by atoms with Crippen molar-refractivity contribution in [2.75, 3.05) is 6.61 Å². The van der Waals surface area contributed by atoms with Crippen molar-refractivity contribution in [3.8, 4) is 0 Å². The van der Waals surface area contributed by atoms with Crippen molar-refractivity contribution in [3.63, 3.8) is 0 Å². The van der Waals surface area contributed by atoms with Crippen LogP contribution in [-0.4, -0.2) is 16.8 Å². The van der Waals surface area contributed by atoms with E-state index in [-0.39, 0.29) is 5.22 Å². The molecule has 0 aromatic heterocycles. The number of allylic oxidation sites excluding steroid dienone is 1. The second kappa shape index (κ2) is 7.08. The molecule has 0 saturated carbocycles. The van der Waals surface area contributed by atoms with Crippen LogP contribution in [-0.2, 0) is 16.4 Å². The standard InChI is InChI=1S/C20H24OSi/c22-20(15-4-5-16-21-20)19-13-11-18(12-14-19)10-6-9-17-7-2-1-3-8-17/h1-3,6-9,11-14H,4-5,10,15-16H2,22H3. The van der Waals surface area contributed by atoms with Crippen molar-refractivity contribution in [1.82, 2.24) is 0 Å². The van der Waals surface area contributed by atoms with Gasteiger partial charge in [0, 0.05) is 16.8 Å². The van der Waals surface area contributed by atoms with Gasteiger partial charge in [-0.25, -0.2) is 0 Å². The molecule has 0 spiro atoms. The van der Waals surface area contributed by atoms with Crippen molar-refractivity contribution in [3.05, 3.63) is 77.4 Å². The Bertz CT molecular complexity index is 610. The van der Waals surface area contributed by atoms with Gasteiger partial charge >= 0.3 is 0 Å². The van der Waals surface area contributed by atoms with E-state index < -0.39 is 0 Å². The number of benzene rings is 2. The number of hydrogen-bond donors (Lipinski definition) is 0. The lowest BCUT2D eigenvalue weighted by molar-refractivity contribution is -0.0210. The number of ether oxygens (including phenoxy) is 1. The maximum atomic E-state index is 6.08. The van der Waals surface area contributed by atoms with Crippen LogP contribution in [0.15, 0.2) is 60.7 Å². The van der Waals surface area contributed by atoms with Gasteiger partial charge in [0.2, 0.25) is 0 Å². The first kappa shape index (κ1) is 15.3. The molecule has 2 aromatic rings. The molecule has 22 heavy (non-hydrogen) atoms. The predicted octanol–water partition coefficient (Wildman–Crippen LogP) is 3.66. The van der Waals surface area contributed by atoms with E-state index in [0.29, 0.717) is 0 Å². The highest BCUT2D eigenvalue weighted by atomic mass is 28.1. The molecule has 1 heterocycles. The molecule has 0 aliphatic carbocycles. The van der Waals surface area contributed by atoms with Crippen LogP contribution in [0.2, 0.25) is 0 Å². The van der Waals surface area contributed by atoms with Crippen molar-refractivity contribution in [2.45, 2.75) is 30.9 Å². The fraction of sp³-hybridized carbons (Fsp3) is 0.300. The third-order valence-electron chi connectivity index (χ3n) is 4.50. The van der Waals surface area contributed by atoms with E-state index in [1.165, 1.54) is 36.0 Å². The molecule has 1 fully saturated rings. The van der Waals surface area contributed by atoms with E-state index >= 15 is 0 Å².